The molecule has 3 nitrogen and oxygen atoms in total. The Morgan fingerprint density at radius 1 is 1.64 bits per heavy atom. The van der Waals surface area contributed by atoms with Gasteiger partial charge in [-0.2, -0.15) is 5.10 Å². The van der Waals surface area contributed by atoms with Crippen LogP contribution in [0, 0.1) is 5.92 Å². The van der Waals surface area contributed by atoms with E-state index in [9.17, 15) is 5.11 Å². The van der Waals surface area contributed by atoms with E-state index in [1.54, 1.807) is 17.9 Å². The fourth-order valence-corrected chi connectivity index (χ4v) is 1.75. The summed E-state index contributed by atoms with van der Waals surface area (Å²) in [6.45, 7) is 4.23. The maximum Gasteiger partial charge on any atom is 0.0974 e. The Morgan fingerprint density at radius 3 is 2.71 bits per heavy atom. The number of aryl methyl sites for hydroxylation is 1. The molecule has 0 aromatic carbocycles. The van der Waals surface area contributed by atoms with Crippen molar-refractivity contribution in [3.63, 3.8) is 0 Å². The van der Waals surface area contributed by atoms with E-state index in [4.69, 9.17) is 11.6 Å². The normalized spacial score (nSPS) is 15.5. The minimum Gasteiger partial charge on any atom is -0.387 e. The van der Waals surface area contributed by atoms with Crippen LogP contribution in [0.15, 0.2) is 6.20 Å². The minimum absolute atomic E-state index is 0.496. The molecule has 4 heteroatoms. The van der Waals surface area contributed by atoms with E-state index < -0.39 is 6.10 Å². The van der Waals surface area contributed by atoms with Gasteiger partial charge in [-0.25, -0.2) is 0 Å². The van der Waals surface area contributed by atoms with E-state index in [1.807, 2.05) is 0 Å². The van der Waals surface area contributed by atoms with E-state index in [2.05, 4.69) is 18.9 Å². The van der Waals surface area contributed by atoms with Crippen LogP contribution in [0.25, 0.3) is 0 Å². The van der Waals surface area contributed by atoms with Gasteiger partial charge in [0.05, 0.1) is 23.0 Å². The van der Waals surface area contributed by atoms with Gasteiger partial charge in [0.2, 0.25) is 0 Å². The zero-order chi connectivity index (χ0) is 10.7. The standard InChI is InChI=1S/C10H17ClN2O/c1-4-7(2)5-9(14)10-8(11)6-12-13(10)3/h6-7,9,14H,4-5H2,1-3H3. The van der Waals surface area contributed by atoms with Crippen molar-refractivity contribution in [1.82, 2.24) is 9.78 Å². The summed E-state index contributed by atoms with van der Waals surface area (Å²) in [5.41, 5.74) is 0.715. The maximum atomic E-state index is 9.93. The minimum atomic E-state index is -0.509. The second kappa shape index (κ2) is 4.80. The van der Waals surface area contributed by atoms with Gasteiger partial charge in [-0.15, -0.1) is 0 Å². The summed E-state index contributed by atoms with van der Waals surface area (Å²) in [7, 11) is 1.79. The Labute approximate surface area is 89.7 Å². The predicted octanol–water partition coefficient (Wildman–Crippen LogP) is 2.54. The third-order valence-corrected chi connectivity index (χ3v) is 2.87. The highest BCUT2D eigenvalue weighted by Gasteiger charge is 2.18. The van der Waals surface area contributed by atoms with Crippen molar-refractivity contribution in [2.45, 2.75) is 32.8 Å². The van der Waals surface area contributed by atoms with Gasteiger partial charge >= 0.3 is 0 Å². The van der Waals surface area contributed by atoms with Crippen molar-refractivity contribution in [3.8, 4) is 0 Å². The van der Waals surface area contributed by atoms with Gasteiger partial charge < -0.3 is 5.11 Å². The number of halogens is 1. The van der Waals surface area contributed by atoms with Crippen molar-refractivity contribution in [3.05, 3.63) is 16.9 Å². The number of hydrogen-bond donors (Lipinski definition) is 1. The molecule has 0 aliphatic carbocycles. The third kappa shape index (κ3) is 2.49. The second-order valence-electron chi connectivity index (χ2n) is 3.77. The summed E-state index contributed by atoms with van der Waals surface area (Å²) in [6, 6.07) is 0. The quantitative estimate of drug-likeness (QED) is 0.840. The first-order chi connectivity index (χ1) is 6.56. The average Bonchev–Trinajstić information content (AvgIpc) is 2.46. The second-order valence-corrected chi connectivity index (χ2v) is 4.17. The lowest BCUT2D eigenvalue weighted by Gasteiger charge is -2.15. The van der Waals surface area contributed by atoms with E-state index in [0.717, 1.165) is 12.8 Å². The van der Waals surface area contributed by atoms with Crippen LogP contribution in [-0.2, 0) is 7.05 Å². The third-order valence-electron chi connectivity index (χ3n) is 2.58. The molecule has 2 atom stereocenters. The topological polar surface area (TPSA) is 38.1 Å². The molecule has 0 saturated heterocycles. The van der Waals surface area contributed by atoms with Crippen LogP contribution >= 0.6 is 11.6 Å². The summed E-state index contributed by atoms with van der Waals surface area (Å²) in [5, 5.41) is 14.5. The van der Waals surface area contributed by atoms with Crippen LogP contribution < -0.4 is 0 Å². The number of nitrogens with zero attached hydrogens (tertiary/aromatic N) is 2. The van der Waals surface area contributed by atoms with Crippen molar-refractivity contribution in [2.24, 2.45) is 13.0 Å². The van der Waals surface area contributed by atoms with Gasteiger partial charge in [0, 0.05) is 7.05 Å². The Morgan fingerprint density at radius 2 is 2.29 bits per heavy atom. The molecule has 14 heavy (non-hydrogen) atoms. The van der Waals surface area contributed by atoms with Gasteiger partial charge in [0.25, 0.3) is 0 Å². The van der Waals surface area contributed by atoms with Crippen LogP contribution in [0.4, 0.5) is 0 Å². The summed E-state index contributed by atoms with van der Waals surface area (Å²) >= 11 is 5.92. The molecule has 0 spiro atoms. The molecule has 1 N–H and O–H groups in total. The summed E-state index contributed by atoms with van der Waals surface area (Å²) in [4.78, 5) is 0. The van der Waals surface area contributed by atoms with Crippen LogP contribution in [0.1, 0.15) is 38.5 Å². The average molecular weight is 217 g/mol. The van der Waals surface area contributed by atoms with Crippen LogP contribution in [-0.4, -0.2) is 14.9 Å². The number of aromatic nitrogens is 2. The zero-order valence-corrected chi connectivity index (χ0v) is 9.62. The van der Waals surface area contributed by atoms with E-state index in [0.29, 0.717) is 16.6 Å². The molecule has 80 valence electrons. The summed E-state index contributed by atoms with van der Waals surface area (Å²) in [6.07, 6.45) is 2.85. The van der Waals surface area contributed by atoms with E-state index in [-0.39, 0.29) is 0 Å². The SMILES string of the molecule is CCC(C)CC(O)c1c(Cl)cnn1C. The summed E-state index contributed by atoms with van der Waals surface area (Å²) < 4.78 is 1.63. The molecule has 0 amide bonds. The first kappa shape index (κ1) is 11.5. The van der Waals surface area contributed by atoms with Crippen LogP contribution in [0.3, 0.4) is 0 Å². The number of hydrogen-bond acceptors (Lipinski definition) is 2. The Hall–Kier alpha value is -0.540. The van der Waals surface area contributed by atoms with Crippen molar-refractivity contribution < 1.29 is 5.11 Å². The molecule has 0 bridgehead atoms. The molecule has 0 aliphatic rings. The number of aliphatic hydroxyl groups excluding tert-OH is 1. The maximum absolute atomic E-state index is 9.93. The van der Waals surface area contributed by atoms with Gasteiger partial charge in [-0.3, -0.25) is 4.68 Å². The Kier molecular flexibility index (Phi) is 3.96. The molecule has 0 saturated carbocycles. The van der Waals surface area contributed by atoms with Crippen LogP contribution in [0.5, 0.6) is 0 Å². The first-order valence-electron chi connectivity index (χ1n) is 4.91. The molecular formula is C10H17ClN2O. The highest BCUT2D eigenvalue weighted by molar-refractivity contribution is 6.31. The van der Waals surface area contributed by atoms with Gasteiger partial charge in [0.15, 0.2) is 0 Å². The fourth-order valence-electron chi connectivity index (χ4n) is 1.45. The summed E-state index contributed by atoms with van der Waals surface area (Å²) in [5.74, 6) is 0.496. The fraction of sp³-hybridized carbons (Fsp3) is 0.700. The van der Waals surface area contributed by atoms with Crippen molar-refractivity contribution in [2.75, 3.05) is 0 Å². The monoisotopic (exact) mass is 216 g/mol. The lowest BCUT2D eigenvalue weighted by Crippen LogP contribution is -2.09. The molecule has 1 aromatic heterocycles. The largest absolute Gasteiger partial charge is 0.387 e. The van der Waals surface area contributed by atoms with Gasteiger partial charge in [-0.1, -0.05) is 31.9 Å². The first-order valence-corrected chi connectivity index (χ1v) is 5.29. The molecule has 0 aliphatic heterocycles. The zero-order valence-electron chi connectivity index (χ0n) is 8.87. The molecular weight excluding hydrogens is 200 g/mol. The lowest BCUT2D eigenvalue weighted by atomic mass is 9.99. The smallest absolute Gasteiger partial charge is 0.0974 e. The van der Waals surface area contributed by atoms with Gasteiger partial charge in [0.1, 0.15) is 0 Å². The van der Waals surface area contributed by atoms with E-state index >= 15 is 0 Å². The Balaban J connectivity index is 2.73. The van der Waals surface area contributed by atoms with Gasteiger partial charge in [-0.05, 0) is 12.3 Å². The van der Waals surface area contributed by atoms with E-state index in [1.165, 1.54) is 0 Å². The molecule has 1 heterocycles. The van der Waals surface area contributed by atoms with Crippen molar-refractivity contribution in [1.29, 1.82) is 0 Å². The highest BCUT2D eigenvalue weighted by Crippen LogP contribution is 2.27. The molecule has 1 aromatic rings. The van der Waals surface area contributed by atoms with Crippen LogP contribution in [0.2, 0.25) is 5.02 Å². The predicted molar refractivity (Wildman–Crippen MR) is 57.2 cm³/mol. The van der Waals surface area contributed by atoms with Crippen molar-refractivity contribution >= 4 is 11.6 Å². The molecule has 1 rings (SSSR count). The molecule has 2 unspecified atom stereocenters. The lowest BCUT2D eigenvalue weighted by molar-refractivity contribution is 0.138. The molecule has 0 fully saturated rings. The number of aliphatic hydroxyl groups is 1. The highest BCUT2D eigenvalue weighted by atomic mass is 35.5. The molecule has 0 radical (unpaired) electrons. The number of rotatable bonds is 4. The Bertz CT molecular complexity index is 279.